The van der Waals surface area contributed by atoms with Crippen LogP contribution in [0.2, 0.25) is 5.02 Å². The maximum Gasteiger partial charge on any atom is 0.366 e. The number of rotatable bonds is 4. The molecule has 1 aliphatic heterocycles. The lowest BCUT2D eigenvalue weighted by molar-refractivity contribution is -0.129. The number of carbonyl (C=O) groups is 1. The third-order valence-electron chi connectivity index (χ3n) is 2.19. The molecule has 0 fully saturated rings. The van der Waals surface area contributed by atoms with Crippen molar-refractivity contribution < 1.29 is 23.1 Å². The number of aliphatic carboxylic acids is 1. The minimum Gasteiger partial charge on any atom is -0.487 e. The first-order valence-corrected chi connectivity index (χ1v) is 6.97. The monoisotopic (exact) mass is 301 g/mol. The van der Waals surface area contributed by atoms with Crippen molar-refractivity contribution in [2.45, 2.75) is 0 Å². The van der Waals surface area contributed by atoms with Gasteiger partial charge in [-0.3, -0.25) is 0 Å². The van der Waals surface area contributed by atoms with Gasteiger partial charge in [0.25, 0.3) is 0 Å². The summed E-state index contributed by atoms with van der Waals surface area (Å²) in [5, 5.41) is 9.12. The van der Waals surface area contributed by atoms with E-state index < -0.39 is 20.9 Å². The number of hydrogen-bond donors (Lipinski definition) is 1. The van der Waals surface area contributed by atoms with Crippen LogP contribution < -0.4 is 4.74 Å². The van der Waals surface area contributed by atoms with Crippen LogP contribution in [0, 0.1) is 0 Å². The number of hydrogen-bond acceptors (Lipinski definition) is 5. The second-order valence-corrected chi connectivity index (χ2v) is 5.77. The molecule has 0 unspecified atom stereocenters. The lowest BCUT2D eigenvalue weighted by Gasteiger charge is -2.04. The Morgan fingerprint density at radius 2 is 1.95 bits per heavy atom. The molecule has 8 heteroatoms. The van der Waals surface area contributed by atoms with Gasteiger partial charge in [0.1, 0.15) is 12.4 Å². The highest BCUT2D eigenvalue weighted by Gasteiger charge is 2.31. The summed E-state index contributed by atoms with van der Waals surface area (Å²) in [7, 11) is -3.96. The Labute approximate surface area is 113 Å². The molecule has 100 valence electrons. The van der Waals surface area contributed by atoms with E-state index in [0.29, 0.717) is 10.8 Å². The Bertz CT molecular complexity index is 676. The first-order chi connectivity index (χ1) is 8.88. The molecule has 19 heavy (non-hydrogen) atoms. The molecule has 0 saturated carbocycles. The molecule has 0 atom stereocenters. The van der Waals surface area contributed by atoms with Crippen LogP contribution in [0.5, 0.6) is 5.75 Å². The Morgan fingerprint density at radius 1 is 1.32 bits per heavy atom. The maximum atomic E-state index is 11.4. The first-order valence-electron chi connectivity index (χ1n) is 5.04. The van der Waals surface area contributed by atoms with E-state index in [4.69, 9.17) is 21.4 Å². The molecule has 0 radical (unpaired) electrons. The van der Waals surface area contributed by atoms with E-state index in [1.807, 2.05) is 0 Å². The molecule has 1 aromatic carbocycles. The Morgan fingerprint density at radius 3 is 2.47 bits per heavy atom. The lowest BCUT2D eigenvalue weighted by atomic mass is 10.3. The Balaban J connectivity index is 2.09. The highest BCUT2D eigenvalue weighted by Crippen LogP contribution is 2.19. The molecule has 6 nitrogen and oxygen atoms in total. The average Bonchev–Trinajstić information content (AvgIpc) is 2.64. The van der Waals surface area contributed by atoms with Crippen LogP contribution in [0.25, 0.3) is 0 Å². The molecule has 0 aromatic heterocycles. The standard InChI is InChI=1S/C11H8ClNO5S/c12-7-1-3-9(4-2-7)18-5-8-6-19(16,17)10(13-8)11(14)15/h1-4,6H,5H2,(H,14,15). The molecular weight excluding hydrogens is 294 g/mol. The molecule has 1 N–H and O–H groups in total. The normalized spacial score (nSPS) is 16.7. The van der Waals surface area contributed by atoms with Gasteiger partial charge in [0.15, 0.2) is 0 Å². The molecule has 1 heterocycles. The van der Waals surface area contributed by atoms with Crippen LogP contribution in [0.4, 0.5) is 0 Å². The number of sulfone groups is 1. The zero-order chi connectivity index (χ0) is 14.0. The summed E-state index contributed by atoms with van der Waals surface area (Å²) in [6, 6.07) is 6.44. The third kappa shape index (κ3) is 3.12. The van der Waals surface area contributed by atoms with Crippen molar-refractivity contribution in [3.63, 3.8) is 0 Å². The highest BCUT2D eigenvalue weighted by molar-refractivity contribution is 8.11. The number of aliphatic imine (C=N–C) groups is 1. The van der Waals surface area contributed by atoms with Crippen LogP contribution in [-0.2, 0) is 14.6 Å². The van der Waals surface area contributed by atoms with Crippen molar-refractivity contribution in [3.8, 4) is 5.75 Å². The van der Waals surface area contributed by atoms with E-state index in [2.05, 4.69) is 4.99 Å². The SMILES string of the molecule is O=C(O)C1=NC(COc2ccc(Cl)cc2)=CS1(=O)=O. The molecule has 0 bridgehead atoms. The van der Waals surface area contributed by atoms with E-state index in [0.717, 1.165) is 5.41 Å². The molecular formula is C11H8ClNO5S. The molecule has 0 saturated heterocycles. The summed E-state index contributed by atoms with van der Waals surface area (Å²) in [4.78, 5) is 14.2. The second kappa shape index (κ2) is 5.02. The minimum absolute atomic E-state index is 0.0346. The molecule has 1 aromatic rings. The van der Waals surface area contributed by atoms with E-state index in [9.17, 15) is 13.2 Å². The van der Waals surface area contributed by atoms with Gasteiger partial charge in [0.05, 0.1) is 11.1 Å². The van der Waals surface area contributed by atoms with E-state index in [-0.39, 0.29) is 12.3 Å². The van der Waals surface area contributed by atoms with Crippen LogP contribution in [0.3, 0.4) is 0 Å². The van der Waals surface area contributed by atoms with Gasteiger partial charge in [0, 0.05) is 5.02 Å². The van der Waals surface area contributed by atoms with Gasteiger partial charge in [-0.2, -0.15) is 0 Å². The van der Waals surface area contributed by atoms with E-state index >= 15 is 0 Å². The second-order valence-electron chi connectivity index (χ2n) is 3.62. The third-order valence-corrected chi connectivity index (χ3v) is 3.83. The van der Waals surface area contributed by atoms with Gasteiger partial charge in [-0.05, 0) is 24.3 Å². The summed E-state index contributed by atoms with van der Waals surface area (Å²) < 4.78 is 28.1. The number of halogens is 1. The average molecular weight is 302 g/mol. The van der Waals surface area contributed by atoms with Gasteiger partial charge < -0.3 is 9.84 Å². The van der Waals surface area contributed by atoms with E-state index in [1.165, 1.54) is 0 Å². The summed E-state index contributed by atoms with van der Waals surface area (Å²) in [5.74, 6) is -1.11. The predicted octanol–water partition coefficient (Wildman–Crippen LogP) is 1.47. The number of ether oxygens (including phenoxy) is 1. The number of carboxylic acids is 1. The van der Waals surface area contributed by atoms with Crippen molar-refractivity contribution in [1.29, 1.82) is 0 Å². The van der Waals surface area contributed by atoms with Crippen LogP contribution in [0.15, 0.2) is 40.4 Å². The molecule has 0 amide bonds. The van der Waals surface area contributed by atoms with Crippen molar-refractivity contribution >= 4 is 32.5 Å². The highest BCUT2D eigenvalue weighted by atomic mass is 35.5. The molecule has 1 aliphatic rings. The zero-order valence-corrected chi connectivity index (χ0v) is 11.0. The minimum atomic E-state index is -3.96. The van der Waals surface area contributed by atoms with Gasteiger partial charge in [-0.15, -0.1) is 0 Å². The summed E-state index contributed by atoms with van der Waals surface area (Å²) >= 11 is 5.70. The Hall–Kier alpha value is -1.86. The van der Waals surface area contributed by atoms with Gasteiger partial charge in [-0.1, -0.05) is 11.6 Å². The van der Waals surface area contributed by atoms with Crippen molar-refractivity contribution in [3.05, 3.63) is 40.4 Å². The largest absolute Gasteiger partial charge is 0.487 e. The fraction of sp³-hybridized carbons (Fsp3) is 0.0909. The van der Waals surface area contributed by atoms with Crippen LogP contribution in [0.1, 0.15) is 0 Å². The smallest absolute Gasteiger partial charge is 0.366 e. The van der Waals surface area contributed by atoms with Crippen molar-refractivity contribution in [1.82, 2.24) is 0 Å². The maximum absolute atomic E-state index is 11.4. The molecule has 0 spiro atoms. The van der Waals surface area contributed by atoms with Crippen LogP contribution >= 0.6 is 11.6 Å². The summed E-state index contributed by atoms with van der Waals surface area (Å²) in [6.45, 7) is -0.141. The molecule has 2 rings (SSSR count). The fourth-order valence-electron chi connectivity index (χ4n) is 1.38. The zero-order valence-electron chi connectivity index (χ0n) is 9.41. The number of nitrogens with zero attached hydrogens (tertiary/aromatic N) is 1. The van der Waals surface area contributed by atoms with Gasteiger partial charge in [0.2, 0.25) is 14.9 Å². The van der Waals surface area contributed by atoms with Gasteiger partial charge in [-0.25, -0.2) is 18.2 Å². The van der Waals surface area contributed by atoms with Gasteiger partial charge >= 0.3 is 5.97 Å². The molecule has 0 aliphatic carbocycles. The number of carboxylic acid groups (broad SMARTS) is 1. The van der Waals surface area contributed by atoms with Crippen LogP contribution in [-0.4, -0.2) is 31.1 Å². The summed E-state index contributed by atoms with van der Waals surface area (Å²) in [6.07, 6.45) is 0. The first kappa shape index (κ1) is 13.6. The predicted molar refractivity (Wildman–Crippen MR) is 69.0 cm³/mol. The quantitative estimate of drug-likeness (QED) is 0.909. The van der Waals surface area contributed by atoms with Crippen molar-refractivity contribution in [2.75, 3.05) is 6.61 Å². The van der Waals surface area contributed by atoms with E-state index in [1.54, 1.807) is 24.3 Å². The summed E-state index contributed by atoms with van der Waals surface area (Å²) in [5.41, 5.74) is 0.0346. The Kier molecular flexibility index (Phi) is 3.59. The lowest BCUT2D eigenvalue weighted by Crippen LogP contribution is -2.19. The number of benzene rings is 1. The fourth-order valence-corrected chi connectivity index (χ4v) is 2.58. The van der Waals surface area contributed by atoms with Crippen molar-refractivity contribution in [2.24, 2.45) is 4.99 Å². The topological polar surface area (TPSA) is 93.0 Å².